The van der Waals surface area contributed by atoms with Gasteiger partial charge in [-0.05, 0) is 46.3 Å². The first-order chi connectivity index (χ1) is 10.0. The van der Waals surface area contributed by atoms with E-state index in [1.807, 2.05) is 32.5 Å². The van der Waals surface area contributed by atoms with Gasteiger partial charge in [-0.1, -0.05) is 0 Å². The monoisotopic (exact) mass is 443 g/mol. The smallest absolute Gasteiger partial charge is 0.307 e. The number of carbonyl (C=O) groups excluding carboxylic acids is 1. The number of rotatable bonds is 7. The number of guanidine groups is 1. The molecule has 0 aromatic rings. The lowest BCUT2D eigenvalue weighted by Gasteiger charge is -2.17. The second-order valence-electron chi connectivity index (χ2n) is 5.56. The molecule has 0 aliphatic heterocycles. The molecule has 22 heavy (non-hydrogen) atoms. The highest BCUT2D eigenvalue weighted by Crippen LogP contribution is 2.27. The quantitative estimate of drug-likeness (QED) is 0.274. The summed E-state index contributed by atoms with van der Waals surface area (Å²) < 4.78 is 5.10. The van der Waals surface area contributed by atoms with Gasteiger partial charge in [-0.2, -0.15) is 11.8 Å². The van der Waals surface area contributed by atoms with Gasteiger partial charge in [0.2, 0.25) is 0 Å². The average Bonchev–Trinajstić information content (AvgIpc) is 2.85. The molecule has 0 heterocycles. The van der Waals surface area contributed by atoms with Crippen molar-refractivity contribution in [2.75, 3.05) is 19.3 Å². The maximum atomic E-state index is 11.5. The molecule has 5 nitrogen and oxygen atoms in total. The van der Waals surface area contributed by atoms with Gasteiger partial charge in [-0.15, -0.1) is 24.0 Å². The molecule has 0 spiro atoms. The van der Waals surface area contributed by atoms with Crippen molar-refractivity contribution in [3.05, 3.63) is 0 Å². The van der Waals surface area contributed by atoms with Crippen LogP contribution in [0.5, 0.6) is 0 Å². The second kappa shape index (κ2) is 12.3. The topological polar surface area (TPSA) is 62.7 Å². The Kier molecular flexibility index (Phi) is 12.2. The molecule has 0 saturated heterocycles. The van der Waals surface area contributed by atoms with Crippen LogP contribution in [-0.2, 0) is 9.53 Å². The van der Waals surface area contributed by atoms with Gasteiger partial charge in [0.05, 0.1) is 19.1 Å². The summed E-state index contributed by atoms with van der Waals surface area (Å²) in [6.45, 7) is 7.04. The van der Waals surface area contributed by atoms with Crippen molar-refractivity contribution in [2.45, 2.75) is 63.9 Å². The van der Waals surface area contributed by atoms with Crippen LogP contribution in [0.3, 0.4) is 0 Å². The average molecular weight is 443 g/mol. The number of esters is 1. The number of hydrogen-bond acceptors (Lipinski definition) is 4. The molecule has 0 aromatic heterocycles. The van der Waals surface area contributed by atoms with Crippen molar-refractivity contribution in [1.29, 1.82) is 0 Å². The molecule has 0 aromatic carbocycles. The molecule has 1 aliphatic rings. The third-order valence-corrected chi connectivity index (χ3v) is 4.45. The maximum absolute atomic E-state index is 11.5. The first-order valence-electron chi connectivity index (χ1n) is 7.82. The zero-order valence-corrected chi connectivity index (χ0v) is 17.2. The number of aliphatic imine (C=N–C) groups is 1. The van der Waals surface area contributed by atoms with Gasteiger partial charge >= 0.3 is 5.97 Å². The van der Waals surface area contributed by atoms with E-state index in [-0.39, 0.29) is 36.0 Å². The summed E-state index contributed by atoms with van der Waals surface area (Å²) in [5.41, 5.74) is 0. The molecular weight excluding hydrogens is 413 g/mol. The summed E-state index contributed by atoms with van der Waals surface area (Å²) in [7, 11) is 0. The number of ether oxygens (including phenoxy) is 1. The van der Waals surface area contributed by atoms with E-state index in [9.17, 15) is 4.79 Å². The number of nitrogens with zero attached hydrogens (tertiary/aromatic N) is 1. The van der Waals surface area contributed by atoms with Crippen LogP contribution in [0.4, 0.5) is 0 Å². The Morgan fingerprint density at radius 3 is 2.68 bits per heavy atom. The van der Waals surface area contributed by atoms with Gasteiger partial charge in [0.15, 0.2) is 5.96 Å². The summed E-state index contributed by atoms with van der Waals surface area (Å²) in [5.74, 6) is 0.620. The van der Waals surface area contributed by atoms with Gasteiger partial charge < -0.3 is 15.4 Å². The number of nitrogens with one attached hydrogen (secondary N) is 2. The minimum Gasteiger partial charge on any atom is -0.463 e. The third-order valence-electron chi connectivity index (χ3n) is 3.36. The first kappa shape index (κ1) is 21.8. The van der Waals surface area contributed by atoms with Crippen molar-refractivity contribution >= 4 is 47.7 Å². The fourth-order valence-electron chi connectivity index (χ4n) is 2.38. The minimum atomic E-state index is -0.187. The largest absolute Gasteiger partial charge is 0.463 e. The van der Waals surface area contributed by atoms with Crippen molar-refractivity contribution < 1.29 is 9.53 Å². The second-order valence-corrected chi connectivity index (χ2v) is 6.70. The van der Waals surface area contributed by atoms with E-state index in [1.54, 1.807) is 0 Å². The predicted octanol–water partition coefficient (Wildman–Crippen LogP) is 2.79. The Bertz CT molecular complexity index is 354. The van der Waals surface area contributed by atoms with Crippen LogP contribution in [0, 0.1) is 0 Å². The fourth-order valence-corrected chi connectivity index (χ4v) is 3.18. The van der Waals surface area contributed by atoms with Crippen LogP contribution in [0.25, 0.3) is 0 Å². The molecule has 0 bridgehead atoms. The molecule has 2 N–H and O–H groups in total. The highest BCUT2D eigenvalue weighted by molar-refractivity contribution is 14.0. The Morgan fingerprint density at radius 1 is 1.41 bits per heavy atom. The molecule has 1 fully saturated rings. The molecule has 1 saturated carbocycles. The summed E-state index contributed by atoms with van der Waals surface area (Å²) in [6, 6.07) is 0.489. The van der Waals surface area contributed by atoms with E-state index in [0.717, 1.165) is 17.8 Å². The van der Waals surface area contributed by atoms with E-state index in [2.05, 4.69) is 21.9 Å². The molecule has 1 rings (SSSR count). The van der Waals surface area contributed by atoms with Gasteiger partial charge in [0.1, 0.15) is 0 Å². The van der Waals surface area contributed by atoms with E-state index in [4.69, 9.17) is 4.74 Å². The highest BCUT2D eigenvalue weighted by Gasteiger charge is 2.24. The zero-order valence-electron chi connectivity index (χ0n) is 14.1. The molecule has 2 unspecified atom stereocenters. The molecule has 130 valence electrons. The zero-order chi connectivity index (χ0) is 15.7. The summed E-state index contributed by atoms with van der Waals surface area (Å²) in [5, 5.41) is 7.46. The molecule has 0 radical (unpaired) electrons. The first-order valence-corrected chi connectivity index (χ1v) is 9.11. The standard InChI is InChI=1S/C15H29N3O2S.HI/c1-5-16-15(17-9-8-14(19)20-11(2)3)18-12-6-7-13(10-12)21-4;/h11-13H,5-10H2,1-4H3,(H2,16,17,18);1H. The van der Waals surface area contributed by atoms with Crippen molar-refractivity contribution in [3.8, 4) is 0 Å². The normalized spacial score (nSPS) is 21.4. The Balaban J connectivity index is 0.00000441. The van der Waals surface area contributed by atoms with Crippen LogP contribution < -0.4 is 10.6 Å². The summed E-state index contributed by atoms with van der Waals surface area (Å²) in [6.07, 6.45) is 6.07. The molecular formula is C15H30IN3O2S. The number of hydrogen-bond donors (Lipinski definition) is 2. The van der Waals surface area contributed by atoms with Crippen molar-refractivity contribution in [2.24, 2.45) is 4.99 Å². The fraction of sp³-hybridized carbons (Fsp3) is 0.867. The lowest BCUT2D eigenvalue weighted by molar-refractivity contribution is -0.147. The van der Waals surface area contributed by atoms with Crippen LogP contribution in [0.15, 0.2) is 4.99 Å². The highest BCUT2D eigenvalue weighted by atomic mass is 127. The lowest BCUT2D eigenvalue weighted by atomic mass is 10.2. The summed E-state index contributed by atoms with van der Waals surface area (Å²) in [4.78, 5) is 15.9. The van der Waals surface area contributed by atoms with Gasteiger partial charge in [0.25, 0.3) is 0 Å². The number of carbonyl (C=O) groups is 1. The van der Waals surface area contributed by atoms with Crippen LogP contribution in [-0.4, -0.2) is 48.7 Å². The number of thioether (sulfide) groups is 1. The van der Waals surface area contributed by atoms with E-state index in [0.29, 0.717) is 19.0 Å². The van der Waals surface area contributed by atoms with E-state index < -0.39 is 0 Å². The van der Waals surface area contributed by atoms with Crippen molar-refractivity contribution in [3.63, 3.8) is 0 Å². The third kappa shape index (κ3) is 9.07. The lowest BCUT2D eigenvalue weighted by Crippen LogP contribution is -2.42. The molecule has 0 amide bonds. The minimum absolute atomic E-state index is 0. The maximum Gasteiger partial charge on any atom is 0.307 e. The van der Waals surface area contributed by atoms with E-state index in [1.165, 1.54) is 19.3 Å². The predicted molar refractivity (Wildman–Crippen MR) is 105 cm³/mol. The van der Waals surface area contributed by atoms with Crippen LogP contribution in [0.1, 0.15) is 46.5 Å². The number of halogens is 1. The molecule has 1 aliphatic carbocycles. The van der Waals surface area contributed by atoms with Gasteiger partial charge in [0, 0.05) is 17.8 Å². The van der Waals surface area contributed by atoms with Gasteiger partial charge in [-0.25, -0.2) is 0 Å². The Labute approximate surface area is 155 Å². The Morgan fingerprint density at radius 2 is 2.14 bits per heavy atom. The SMILES string of the molecule is CCNC(=NCCC(=O)OC(C)C)NC1CCC(SC)C1.I. The van der Waals surface area contributed by atoms with Crippen molar-refractivity contribution in [1.82, 2.24) is 10.6 Å². The molecule has 7 heteroatoms. The van der Waals surface area contributed by atoms with Crippen LogP contribution in [0.2, 0.25) is 0 Å². The van der Waals surface area contributed by atoms with Gasteiger partial charge in [-0.3, -0.25) is 9.79 Å². The Hall–Kier alpha value is -0.180. The summed E-state index contributed by atoms with van der Waals surface area (Å²) >= 11 is 1.94. The molecule has 2 atom stereocenters. The van der Waals surface area contributed by atoms with E-state index >= 15 is 0 Å². The van der Waals surface area contributed by atoms with Crippen LogP contribution >= 0.6 is 35.7 Å².